The maximum Gasteiger partial charge on any atom is 0.210 e. The Balaban J connectivity index is 1.45. The number of thiazole rings is 1. The lowest BCUT2D eigenvalue weighted by atomic mass is 9.97. The third kappa shape index (κ3) is 4.49. The Morgan fingerprint density at radius 1 is 1.30 bits per heavy atom. The predicted molar refractivity (Wildman–Crippen MR) is 113 cm³/mol. The lowest BCUT2D eigenvalue weighted by Gasteiger charge is -2.09. The lowest BCUT2D eigenvalue weighted by Crippen LogP contribution is -2.11. The number of fused-ring (bicyclic) bond motifs is 1. The summed E-state index contributed by atoms with van der Waals surface area (Å²) in [6, 6.07) is 8.80. The number of nitrogens with two attached hydrogens (primary N) is 1. The number of halogens is 1. The Morgan fingerprint density at radius 3 is 3.04 bits per heavy atom. The topological polar surface area (TPSA) is 51.3 Å². The Hall–Kier alpha value is -1.95. The highest BCUT2D eigenvalue weighted by atomic mass is 35.5. The number of thiophene rings is 1. The number of alkyl halides is 1. The molecule has 2 heterocycles. The van der Waals surface area contributed by atoms with Crippen LogP contribution in [0.5, 0.6) is 0 Å². The molecule has 0 fully saturated rings. The summed E-state index contributed by atoms with van der Waals surface area (Å²) in [5.74, 6) is 1.74. The van der Waals surface area contributed by atoms with Gasteiger partial charge in [0.05, 0.1) is 0 Å². The summed E-state index contributed by atoms with van der Waals surface area (Å²) in [5, 5.41) is 4.69. The number of aliphatic imine (C=N–C) groups is 1. The van der Waals surface area contributed by atoms with E-state index in [4.69, 9.17) is 17.3 Å². The zero-order chi connectivity index (χ0) is 18.6. The number of rotatable bonds is 5. The number of hydrogen-bond donors (Lipinski definition) is 1. The molecule has 3 aromatic rings. The van der Waals surface area contributed by atoms with E-state index in [1.165, 1.54) is 32.9 Å². The minimum atomic E-state index is 0.535. The van der Waals surface area contributed by atoms with E-state index in [-0.39, 0.29) is 0 Å². The van der Waals surface area contributed by atoms with E-state index in [0.717, 1.165) is 24.8 Å². The molecule has 0 saturated heterocycles. The number of aryl methyl sites for hydroxylation is 1. The summed E-state index contributed by atoms with van der Waals surface area (Å²) < 4.78 is 0. The zero-order valence-corrected chi connectivity index (χ0v) is 17.2. The van der Waals surface area contributed by atoms with E-state index in [0.29, 0.717) is 22.8 Å². The molecule has 1 aliphatic rings. The third-order valence-corrected chi connectivity index (χ3v) is 6.72. The summed E-state index contributed by atoms with van der Waals surface area (Å²) in [6.07, 6.45) is 9.67. The summed E-state index contributed by atoms with van der Waals surface area (Å²) in [6.45, 7) is 0. The molecule has 0 spiro atoms. The van der Waals surface area contributed by atoms with Gasteiger partial charge in [0, 0.05) is 33.0 Å². The Morgan fingerprint density at radius 2 is 2.22 bits per heavy atom. The standard InChI is InChI=1S/C21H21ClN3S2/c22-12-15-3-5-16-4-1-14(2-6-17(16)9-15)10-19-11-18(13-27-19)20(23)25-21-24-7-8-26-21/h2-3,5-9,11,13-14,22H,1,4,10,12H2,(H2,23,24,25)/q+1. The van der Waals surface area contributed by atoms with Crippen molar-refractivity contribution in [2.24, 2.45) is 16.6 Å². The van der Waals surface area contributed by atoms with Crippen molar-refractivity contribution in [2.45, 2.75) is 25.1 Å². The Bertz CT molecular complexity index is 973. The first-order valence-electron chi connectivity index (χ1n) is 8.91. The number of amidine groups is 1. The van der Waals surface area contributed by atoms with Gasteiger partial charge in [0.1, 0.15) is 17.4 Å². The zero-order valence-electron chi connectivity index (χ0n) is 14.8. The molecule has 1 unspecified atom stereocenters. The second-order valence-electron chi connectivity index (χ2n) is 6.65. The molecule has 27 heavy (non-hydrogen) atoms. The maximum atomic E-state index is 6.14. The van der Waals surface area contributed by atoms with Crippen molar-refractivity contribution < 1.29 is 11.6 Å². The van der Waals surface area contributed by atoms with Crippen molar-refractivity contribution in [3.05, 3.63) is 74.4 Å². The lowest BCUT2D eigenvalue weighted by molar-refractivity contribution is -0.386. The van der Waals surface area contributed by atoms with Crippen LogP contribution >= 0.6 is 22.7 Å². The second kappa shape index (κ2) is 8.38. The highest BCUT2D eigenvalue weighted by Gasteiger charge is 2.15. The van der Waals surface area contributed by atoms with Crippen molar-refractivity contribution >= 4 is 39.7 Å². The first-order valence-corrected chi connectivity index (χ1v) is 11.2. The fraction of sp³-hybridized carbons (Fsp3) is 0.238. The molecular weight excluding hydrogens is 394 g/mol. The van der Waals surface area contributed by atoms with Crippen molar-refractivity contribution in [3.8, 4) is 0 Å². The highest BCUT2D eigenvalue weighted by molar-refractivity contribution is 7.13. The highest BCUT2D eigenvalue weighted by Crippen LogP contribution is 2.28. The number of allylic oxidation sites excluding steroid dienone is 1. The van der Waals surface area contributed by atoms with Crippen LogP contribution in [0, 0.1) is 17.5 Å². The molecule has 0 saturated carbocycles. The van der Waals surface area contributed by atoms with Gasteiger partial charge in [-0.25, -0.2) is 9.98 Å². The van der Waals surface area contributed by atoms with Crippen LogP contribution in [0.15, 0.2) is 52.3 Å². The van der Waals surface area contributed by atoms with Crippen LogP contribution in [0.25, 0.3) is 6.08 Å². The van der Waals surface area contributed by atoms with Crippen molar-refractivity contribution in [1.82, 2.24) is 4.98 Å². The molecule has 6 heteroatoms. The van der Waals surface area contributed by atoms with Gasteiger partial charge in [-0.05, 0) is 48.4 Å². The van der Waals surface area contributed by atoms with Crippen LogP contribution in [0.3, 0.4) is 0 Å². The second-order valence-corrected chi connectivity index (χ2v) is 8.81. The van der Waals surface area contributed by atoms with Crippen LogP contribution < -0.4 is 5.73 Å². The fourth-order valence-corrected chi connectivity index (χ4v) is 4.95. The van der Waals surface area contributed by atoms with Gasteiger partial charge < -0.3 is 5.73 Å². The van der Waals surface area contributed by atoms with E-state index in [1.54, 1.807) is 17.5 Å². The SMILES string of the molecule is NC(=Nc1nccs1)c1csc(CC2C=Cc3cc(C[ClH+])ccc3CC2)c1. The smallest absolute Gasteiger partial charge is 0.210 e. The van der Waals surface area contributed by atoms with Crippen molar-refractivity contribution in [2.75, 3.05) is 0 Å². The van der Waals surface area contributed by atoms with Gasteiger partial charge in [-0.1, -0.05) is 24.3 Å². The molecule has 138 valence electrons. The summed E-state index contributed by atoms with van der Waals surface area (Å²) in [4.78, 5) is 9.90. The third-order valence-electron chi connectivity index (χ3n) is 4.76. The molecule has 1 atom stereocenters. The predicted octanol–water partition coefficient (Wildman–Crippen LogP) is 4.84. The number of aromatic nitrogens is 1. The van der Waals surface area contributed by atoms with Crippen molar-refractivity contribution in [1.29, 1.82) is 0 Å². The molecule has 0 radical (unpaired) electrons. The molecule has 0 aliphatic heterocycles. The van der Waals surface area contributed by atoms with Gasteiger partial charge in [0.25, 0.3) is 0 Å². The van der Waals surface area contributed by atoms with Gasteiger partial charge in [0.2, 0.25) is 5.13 Å². The van der Waals surface area contributed by atoms with Crippen LogP contribution in [0.4, 0.5) is 5.13 Å². The first kappa shape index (κ1) is 18.4. The molecule has 0 amide bonds. The Kier molecular flexibility index (Phi) is 5.72. The van der Waals surface area contributed by atoms with Gasteiger partial charge in [0.15, 0.2) is 5.88 Å². The van der Waals surface area contributed by atoms with Crippen LogP contribution in [-0.4, -0.2) is 10.8 Å². The number of nitrogens with zero attached hydrogens (tertiary/aromatic N) is 2. The minimum absolute atomic E-state index is 0.535. The maximum absolute atomic E-state index is 6.14. The minimum Gasteiger partial charge on any atom is -0.383 e. The number of hydrogen-bond acceptors (Lipinski definition) is 4. The molecule has 0 bridgehead atoms. The van der Waals surface area contributed by atoms with Gasteiger partial charge in [-0.2, -0.15) is 0 Å². The van der Waals surface area contributed by atoms with Crippen LogP contribution in [0.1, 0.15) is 33.6 Å². The molecule has 4 rings (SSSR count). The summed E-state index contributed by atoms with van der Waals surface area (Å²) in [5.41, 5.74) is 11.1. The van der Waals surface area contributed by atoms with Gasteiger partial charge >= 0.3 is 0 Å². The average molecular weight is 415 g/mol. The average Bonchev–Trinajstić information content (AvgIpc) is 3.32. The largest absolute Gasteiger partial charge is 0.383 e. The number of benzene rings is 1. The molecule has 1 aliphatic carbocycles. The molecule has 2 N–H and O–H groups in total. The molecule has 3 nitrogen and oxygen atoms in total. The molecule has 2 aromatic heterocycles. The fourth-order valence-electron chi connectivity index (χ4n) is 3.28. The monoisotopic (exact) mass is 414 g/mol. The van der Waals surface area contributed by atoms with Crippen molar-refractivity contribution in [3.63, 3.8) is 0 Å². The van der Waals surface area contributed by atoms with E-state index in [1.807, 2.05) is 5.38 Å². The first-order chi connectivity index (χ1) is 13.2. The quantitative estimate of drug-likeness (QED) is 0.369. The van der Waals surface area contributed by atoms with E-state index in [2.05, 4.69) is 51.8 Å². The van der Waals surface area contributed by atoms with E-state index < -0.39 is 0 Å². The van der Waals surface area contributed by atoms with E-state index in [9.17, 15) is 0 Å². The van der Waals surface area contributed by atoms with Gasteiger partial charge in [-0.15, -0.1) is 22.7 Å². The van der Waals surface area contributed by atoms with Gasteiger partial charge in [-0.3, -0.25) is 0 Å². The molecule has 1 aromatic carbocycles. The summed E-state index contributed by atoms with van der Waals surface area (Å²) >= 11 is 8.43. The summed E-state index contributed by atoms with van der Waals surface area (Å²) in [7, 11) is 0. The van der Waals surface area contributed by atoms with E-state index >= 15 is 0 Å². The molecular formula is C21H21ClN3S2+. The normalized spacial score (nSPS) is 16.9. The van der Waals surface area contributed by atoms with Crippen LogP contribution in [0.2, 0.25) is 0 Å². The Labute approximate surface area is 172 Å². The van der Waals surface area contributed by atoms with Crippen LogP contribution in [-0.2, 0) is 18.7 Å².